The summed E-state index contributed by atoms with van der Waals surface area (Å²) in [4.78, 5) is 19.4. The molecule has 0 fully saturated rings. The smallest absolute Gasteiger partial charge is 0.306 e. The Bertz CT molecular complexity index is 1520. The van der Waals surface area contributed by atoms with Gasteiger partial charge in [-0.2, -0.15) is 13.7 Å². The minimum Gasteiger partial charge on any atom is -0.497 e. The lowest BCUT2D eigenvalue weighted by Crippen LogP contribution is -2.41. The summed E-state index contributed by atoms with van der Waals surface area (Å²) in [5, 5.41) is 9.63. The zero-order valence-corrected chi connectivity index (χ0v) is 21.3. The van der Waals surface area contributed by atoms with Crippen molar-refractivity contribution >= 4 is 34.4 Å². The van der Waals surface area contributed by atoms with Crippen molar-refractivity contribution in [3.05, 3.63) is 83.4 Å². The van der Waals surface area contributed by atoms with Crippen LogP contribution in [-0.2, 0) is 20.5 Å². The molecule has 0 bridgehead atoms. The molecule has 0 radical (unpaired) electrons. The molecule has 9 nitrogen and oxygen atoms in total. The first-order valence-electron chi connectivity index (χ1n) is 10.4. The number of aliphatic imine (C=N–C) groups is 1. The highest BCUT2D eigenvalue weighted by atomic mass is 35.5. The van der Waals surface area contributed by atoms with Gasteiger partial charge in [-0.1, -0.05) is 30.3 Å². The third kappa shape index (κ3) is 4.71. The van der Waals surface area contributed by atoms with Crippen LogP contribution in [0.15, 0.2) is 71.7 Å². The SMILES string of the molecule is COc1ccc(C#N)c(-c2cccc(C3(c4cccc(OS(C)(=O)=O)c4)N=C(N)N(C)C3=O)c2)c1.Cl. The second-order valence-electron chi connectivity index (χ2n) is 7.96. The van der Waals surface area contributed by atoms with Gasteiger partial charge >= 0.3 is 10.1 Å². The van der Waals surface area contributed by atoms with Crippen molar-refractivity contribution in [2.45, 2.75) is 5.54 Å². The van der Waals surface area contributed by atoms with Gasteiger partial charge in [0.25, 0.3) is 5.91 Å². The molecule has 1 aliphatic rings. The molecule has 186 valence electrons. The Morgan fingerprint density at radius 1 is 1.03 bits per heavy atom. The molecule has 0 aliphatic carbocycles. The number of nitrogens with zero attached hydrogens (tertiary/aromatic N) is 3. The van der Waals surface area contributed by atoms with E-state index in [1.807, 2.05) is 6.07 Å². The first-order chi connectivity index (χ1) is 16.6. The molecule has 1 aliphatic heterocycles. The van der Waals surface area contributed by atoms with Crippen molar-refractivity contribution in [3.63, 3.8) is 0 Å². The van der Waals surface area contributed by atoms with Crippen molar-refractivity contribution in [3.8, 4) is 28.7 Å². The summed E-state index contributed by atoms with van der Waals surface area (Å²) in [5.41, 5.74) is 7.04. The van der Waals surface area contributed by atoms with Crippen LogP contribution < -0.4 is 14.7 Å². The number of nitriles is 1. The first-order valence-corrected chi connectivity index (χ1v) is 12.2. The minimum absolute atomic E-state index is 0. The summed E-state index contributed by atoms with van der Waals surface area (Å²) >= 11 is 0. The van der Waals surface area contributed by atoms with Gasteiger partial charge in [0.05, 0.1) is 25.0 Å². The van der Waals surface area contributed by atoms with E-state index in [1.54, 1.807) is 48.5 Å². The van der Waals surface area contributed by atoms with Crippen molar-refractivity contribution in [2.75, 3.05) is 20.4 Å². The molecule has 0 saturated carbocycles. The molecular weight excluding hydrogens is 504 g/mol. The zero-order valence-electron chi connectivity index (χ0n) is 19.6. The number of hydrogen-bond acceptors (Lipinski definition) is 8. The van der Waals surface area contributed by atoms with Gasteiger partial charge in [0.15, 0.2) is 11.5 Å². The van der Waals surface area contributed by atoms with Crippen LogP contribution in [0.25, 0.3) is 11.1 Å². The maximum Gasteiger partial charge on any atom is 0.306 e. The van der Waals surface area contributed by atoms with Crippen LogP contribution in [0.2, 0.25) is 0 Å². The lowest BCUT2D eigenvalue weighted by atomic mass is 9.81. The fourth-order valence-electron chi connectivity index (χ4n) is 4.03. The van der Waals surface area contributed by atoms with Gasteiger partial charge in [-0.3, -0.25) is 9.69 Å². The average Bonchev–Trinajstić information content (AvgIpc) is 3.07. The molecule has 1 heterocycles. The number of methoxy groups -OCH3 is 1. The quantitative estimate of drug-likeness (QED) is 0.487. The normalized spacial score (nSPS) is 17.1. The monoisotopic (exact) mass is 526 g/mol. The number of nitrogens with two attached hydrogens (primary N) is 1. The molecule has 36 heavy (non-hydrogen) atoms. The molecule has 1 amide bonds. The van der Waals surface area contributed by atoms with Crippen LogP contribution >= 0.6 is 12.4 Å². The van der Waals surface area contributed by atoms with Gasteiger partial charge < -0.3 is 14.7 Å². The molecule has 0 aromatic heterocycles. The summed E-state index contributed by atoms with van der Waals surface area (Å²) in [5.74, 6) is 0.198. The number of halogens is 1. The zero-order chi connectivity index (χ0) is 25.4. The summed E-state index contributed by atoms with van der Waals surface area (Å²) < 4.78 is 33.7. The summed E-state index contributed by atoms with van der Waals surface area (Å²) in [6.07, 6.45) is 0.935. The predicted molar refractivity (Wildman–Crippen MR) is 137 cm³/mol. The highest BCUT2D eigenvalue weighted by Gasteiger charge is 2.49. The van der Waals surface area contributed by atoms with Crippen molar-refractivity contribution in [1.29, 1.82) is 5.26 Å². The maximum absolute atomic E-state index is 13.6. The van der Waals surface area contributed by atoms with Crippen LogP contribution in [0.4, 0.5) is 0 Å². The number of rotatable bonds is 6. The Morgan fingerprint density at radius 3 is 2.28 bits per heavy atom. The second kappa shape index (κ2) is 9.89. The lowest BCUT2D eigenvalue weighted by Gasteiger charge is -2.27. The molecule has 2 N–H and O–H groups in total. The van der Waals surface area contributed by atoms with Crippen LogP contribution in [0.5, 0.6) is 11.5 Å². The molecule has 0 saturated heterocycles. The number of benzene rings is 3. The summed E-state index contributed by atoms with van der Waals surface area (Å²) in [7, 11) is -0.745. The largest absolute Gasteiger partial charge is 0.497 e. The third-order valence-electron chi connectivity index (χ3n) is 5.68. The van der Waals surface area contributed by atoms with E-state index in [0.29, 0.717) is 33.6 Å². The number of carbonyl (C=O) groups is 1. The average molecular weight is 527 g/mol. The standard InChI is InChI=1S/C25H22N4O5S.ClH/c1-29-23(30)25(28-24(29)27,19-8-5-9-21(13-19)34-35(3,31)32)18-7-4-6-16(12-18)22-14-20(33-2)11-10-17(22)15-26;/h4-14H,1-3H3,(H2,27,28);1H. The Morgan fingerprint density at radius 2 is 1.69 bits per heavy atom. The van der Waals surface area contributed by atoms with Gasteiger partial charge in [0.1, 0.15) is 11.5 Å². The molecule has 3 aromatic carbocycles. The van der Waals surface area contributed by atoms with Crippen LogP contribution in [0, 0.1) is 11.3 Å². The highest BCUT2D eigenvalue weighted by molar-refractivity contribution is 7.86. The number of likely N-dealkylation sites (N-methyl/N-ethyl adjacent to an activating group) is 1. The maximum atomic E-state index is 13.6. The van der Waals surface area contributed by atoms with E-state index in [2.05, 4.69) is 11.1 Å². The van der Waals surface area contributed by atoms with E-state index in [-0.39, 0.29) is 24.1 Å². The number of amides is 1. The van der Waals surface area contributed by atoms with E-state index in [0.717, 1.165) is 6.26 Å². The van der Waals surface area contributed by atoms with E-state index in [4.69, 9.17) is 14.7 Å². The number of guanidine groups is 1. The number of ether oxygens (including phenoxy) is 1. The minimum atomic E-state index is -3.79. The Labute approximate surface area is 215 Å². The highest BCUT2D eigenvalue weighted by Crippen LogP contribution is 2.42. The van der Waals surface area contributed by atoms with Gasteiger partial charge in [-0.05, 0) is 53.1 Å². The van der Waals surface area contributed by atoms with E-state index < -0.39 is 21.6 Å². The van der Waals surface area contributed by atoms with Gasteiger partial charge in [0, 0.05) is 12.6 Å². The van der Waals surface area contributed by atoms with Gasteiger partial charge in [-0.15, -0.1) is 12.4 Å². The summed E-state index contributed by atoms with van der Waals surface area (Å²) in [6, 6.07) is 20.5. The summed E-state index contributed by atoms with van der Waals surface area (Å²) in [6.45, 7) is 0. The topological polar surface area (TPSA) is 135 Å². The Hall–Kier alpha value is -4.07. The fourth-order valence-corrected chi connectivity index (χ4v) is 4.48. The first kappa shape index (κ1) is 26.5. The van der Waals surface area contributed by atoms with Crippen LogP contribution in [0.1, 0.15) is 16.7 Å². The Kier molecular flexibility index (Phi) is 7.29. The third-order valence-corrected chi connectivity index (χ3v) is 6.17. The van der Waals surface area contributed by atoms with Gasteiger partial charge in [0.2, 0.25) is 0 Å². The molecule has 3 aromatic rings. The van der Waals surface area contributed by atoms with E-state index >= 15 is 0 Å². The molecule has 11 heteroatoms. The van der Waals surface area contributed by atoms with E-state index in [1.165, 1.54) is 31.2 Å². The van der Waals surface area contributed by atoms with Crippen molar-refractivity contribution < 1.29 is 22.1 Å². The van der Waals surface area contributed by atoms with E-state index in [9.17, 15) is 18.5 Å². The fraction of sp³-hybridized carbons (Fsp3) is 0.160. The second-order valence-corrected chi connectivity index (χ2v) is 9.54. The number of hydrogen-bond donors (Lipinski definition) is 1. The van der Waals surface area contributed by atoms with Crippen LogP contribution in [-0.4, -0.2) is 45.6 Å². The molecule has 1 unspecified atom stereocenters. The molecular formula is C25H23ClN4O5S. The molecule has 4 rings (SSSR count). The van der Waals surface area contributed by atoms with Crippen molar-refractivity contribution in [2.24, 2.45) is 10.7 Å². The molecule has 1 atom stereocenters. The van der Waals surface area contributed by atoms with Crippen LogP contribution in [0.3, 0.4) is 0 Å². The lowest BCUT2D eigenvalue weighted by molar-refractivity contribution is -0.129. The predicted octanol–water partition coefficient (Wildman–Crippen LogP) is 3.02. The Balaban J connectivity index is 0.00000361. The van der Waals surface area contributed by atoms with Crippen molar-refractivity contribution in [1.82, 2.24) is 4.90 Å². The van der Waals surface area contributed by atoms with Gasteiger partial charge in [-0.25, -0.2) is 4.99 Å². The molecule has 0 spiro atoms. The number of carbonyl (C=O) groups excluding carboxylic acids is 1.